The molecule has 0 atom stereocenters. The molecule has 0 fully saturated rings. The second-order valence-corrected chi connectivity index (χ2v) is 10.4. The molecule has 0 bridgehead atoms. The van der Waals surface area contributed by atoms with Crippen molar-refractivity contribution in [3.05, 3.63) is 84.4 Å². The van der Waals surface area contributed by atoms with Gasteiger partial charge in [0.2, 0.25) is 0 Å². The molecule has 0 saturated carbocycles. The van der Waals surface area contributed by atoms with Crippen molar-refractivity contribution in [2.75, 3.05) is 11.6 Å². The van der Waals surface area contributed by atoms with Crippen LogP contribution in [0.15, 0.2) is 83.8 Å². The first-order valence-corrected chi connectivity index (χ1v) is 11.9. The molecule has 0 aliphatic rings. The molecule has 0 aliphatic heterocycles. The molecule has 8 heteroatoms. The molecule has 0 heterocycles. The maximum Gasteiger partial charge on any atom is 0.416 e. The minimum Gasteiger partial charge on any atom is -0.342 e. The standard InChI is InChI=1S/C21H17F3NOPS2/c1-29-19-13-12-15(21(22,23)24)14-18(19)25-20(28)27(26,16-8-4-2-5-9-16)17-10-6-3-7-11-17/h2-14H,1H3,(H,25,28). The number of benzene rings is 3. The van der Waals surface area contributed by atoms with Gasteiger partial charge >= 0.3 is 6.18 Å². The first kappa shape index (κ1) is 21.6. The zero-order chi connectivity index (χ0) is 21.1. The quantitative estimate of drug-likeness (QED) is 0.287. The van der Waals surface area contributed by atoms with Crippen molar-refractivity contribution in [1.29, 1.82) is 0 Å². The van der Waals surface area contributed by atoms with Crippen LogP contribution < -0.4 is 15.9 Å². The molecule has 150 valence electrons. The molecule has 0 aromatic heterocycles. The first-order chi connectivity index (χ1) is 13.8. The highest BCUT2D eigenvalue weighted by atomic mass is 32.2. The van der Waals surface area contributed by atoms with E-state index >= 15 is 0 Å². The normalized spacial score (nSPS) is 11.9. The number of thioether (sulfide) groups is 1. The Morgan fingerprint density at radius 3 is 1.90 bits per heavy atom. The molecule has 0 aliphatic carbocycles. The Morgan fingerprint density at radius 2 is 1.45 bits per heavy atom. The van der Waals surface area contributed by atoms with Crippen LogP contribution in [0.25, 0.3) is 0 Å². The van der Waals surface area contributed by atoms with Crippen molar-refractivity contribution in [2.45, 2.75) is 11.1 Å². The van der Waals surface area contributed by atoms with Gasteiger partial charge in [-0.2, -0.15) is 13.2 Å². The molecule has 0 unspecified atom stereocenters. The number of anilines is 1. The third-order valence-corrected chi connectivity index (χ3v) is 8.70. The summed E-state index contributed by atoms with van der Waals surface area (Å²) in [6, 6.07) is 20.9. The molecule has 29 heavy (non-hydrogen) atoms. The van der Waals surface area contributed by atoms with Gasteiger partial charge in [0, 0.05) is 15.5 Å². The van der Waals surface area contributed by atoms with Crippen molar-refractivity contribution < 1.29 is 17.7 Å². The first-order valence-electron chi connectivity index (χ1n) is 8.55. The van der Waals surface area contributed by atoms with Gasteiger partial charge in [0.25, 0.3) is 0 Å². The van der Waals surface area contributed by atoms with Crippen molar-refractivity contribution >= 4 is 52.1 Å². The lowest BCUT2D eigenvalue weighted by Gasteiger charge is -2.22. The van der Waals surface area contributed by atoms with Crippen LogP contribution >= 0.6 is 31.1 Å². The van der Waals surface area contributed by atoms with Gasteiger partial charge in [-0.25, -0.2) is 0 Å². The third-order valence-electron chi connectivity index (χ3n) is 4.29. The second kappa shape index (κ2) is 8.74. The second-order valence-electron chi connectivity index (χ2n) is 6.12. The lowest BCUT2D eigenvalue weighted by Crippen LogP contribution is -2.26. The minimum absolute atomic E-state index is 0.00970. The summed E-state index contributed by atoms with van der Waals surface area (Å²) in [5.41, 5.74) is -0.612. The van der Waals surface area contributed by atoms with E-state index in [1.807, 2.05) is 0 Å². The number of thiocarbonyl (C=S) groups is 1. The van der Waals surface area contributed by atoms with E-state index in [0.29, 0.717) is 15.5 Å². The average Bonchev–Trinajstić information content (AvgIpc) is 2.73. The van der Waals surface area contributed by atoms with Crippen LogP contribution in [0.4, 0.5) is 18.9 Å². The minimum atomic E-state index is -4.49. The highest BCUT2D eigenvalue weighted by Gasteiger charge is 2.34. The molecule has 3 aromatic rings. The molecule has 0 spiro atoms. The van der Waals surface area contributed by atoms with Gasteiger partial charge in [-0.1, -0.05) is 72.9 Å². The molecule has 2 nitrogen and oxygen atoms in total. The van der Waals surface area contributed by atoms with Crippen molar-refractivity contribution in [3.63, 3.8) is 0 Å². The largest absolute Gasteiger partial charge is 0.416 e. The maximum atomic E-state index is 14.2. The Hall–Kier alpha value is -2.08. The third kappa shape index (κ3) is 4.58. The topological polar surface area (TPSA) is 29.1 Å². The summed E-state index contributed by atoms with van der Waals surface area (Å²) in [7, 11) is -3.44. The number of alkyl halides is 3. The number of nitrogens with one attached hydrogen (secondary N) is 1. The van der Waals surface area contributed by atoms with E-state index in [0.717, 1.165) is 12.1 Å². The summed E-state index contributed by atoms with van der Waals surface area (Å²) < 4.78 is 53.7. The smallest absolute Gasteiger partial charge is 0.342 e. The molecule has 0 radical (unpaired) electrons. The SMILES string of the molecule is CSc1ccc(C(F)(F)F)cc1NC(=S)P(=O)(c1ccccc1)c1ccccc1. The van der Waals surface area contributed by atoms with Gasteiger partial charge in [0.15, 0.2) is 7.14 Å². The highest BCUT2D eigenvalue weighted by molar-refractivity contribution is 8.08. The van der Waals surface area contributed by atoms with Gasteiger partial charge in [-0.05, 0) is 24.5 Å². The summed E-state index contributed by atoms with van der Waals surface area (Å²) in [4.78, 5) is 0.577. The predicted molar refractivity (Wildman–Crippen MR) is 119 cm³/mol. The van der Waals surface area contributed by atoms with Gasteiger partial charge in [-0.3, -0.25) is 0 Å². The predicted octanol–water partition coefficient (Wildman–Crippen LogP) is 6.14. The van der Waals surface area contributed by atoms with Gasteiger partial charge in [-0.15, -0.1) is 11.8 Å². The lowest BCUT2D eigenvalue weighted by atomic mass is 10.2. The summed E-state index contributed by atoms with van der Waals surface area (Å²) in [5, 5.41) is 3.89. The molecule has 3 aromatic carbocycles. The van der Waals surface area contributed by atoms with Crippen LogP contribution in [0.5, 0.6) is 0 Å². The fourth-order valence-electron chi connectivity index (χ4n) is 2.84. The number of hydrogen-bond donors (Lipinski definition) is 1. The molecule has 3 rings (SSSR count). The van der Waals surface area contributed by atoms with Crippen LogP contribution in [-0.2, 0) is 10.7 Å². The van der Waals surface area contributed by atoms with Crippen LogP contribution in [0.1, 0.15) is 5.56 Å². The van der Waals surface area contributed by atoms with Crippen LogP contribution in [0.3, 0.4) is 0 Å². The number of rotatable bonds is 5. The molecule has 0 amide bonds. The van der Waals surface area contributed by atoms with E-state index in [1.165, 1.54) is 17.8 Å². The summed E-state index contributed by atoms with van der Waals surface area (Å²) in [6.07, 6.45) is -2.73. The summed E-state index contributed by atoms with van der Waals surface area (Å²) in [6.45, 7) is 0. The van der Waals surface area contributed by atoms with E-state index in [-0.39, 0.29) is 10.4 Å². The van der Waals surface area contributed by atoms with Crippen molar-refractivity contribution in [1.82, 2.24) is 0 Å². The van der Waals surface area contributed by atoms with Gasteiger partial charge in [0.05, 0.1) is 11.3 Å². The number of hydrogen-bond acceptors (Lipinski definition) is 3. The average molecular weight is 451 g/mol. The van der Waals surface area contributed by atoms with Gasteiger partial charge < -0.3 is 9.88 Å². The van der Waals surface area contributed by atoms with E-state index in [9.17, 15) is 17.7 Å². The van der Waals surface area contributed by atoms with E-state index in [4.69, 9.17) is 12.2 Å². The molecular formula is C21H17F3NOPS2. The fraction of sp³-hybridized carbons (Fsp3) is 0.0952. The zero-order valence-electron chi connectivity index (χ0n) is 15.3. The number of halogens is 3. The summed E-state index contributed by atoms with van der Waals surface area (Å²) in [5.74, 6) is 0. The van der Waals surface area contributed by atoms with Crippen molar-refractivity contribution in [3.8, 4) is 0 Å². The molecular weight excluding hydrogens is 434 g/mol. The Balaban J connectivity index is 2.08. The Bertz CT molecular complexity index is 1010. The Kier molecular flexibility index (Phi) is 6.52. The van der Waals surface area contributed by atoms with E-state index in [2.05, 4.69) is 5.32 Å². The fourth-order valence-corrected chi connectivity index (χ4v) is 6.34. The highest BCUT2D eigenvalue weighted by Crippen LogP contribution is 2.46. The van der Waals surface area contributed by atoms with Crippen molar-refractivity contribution in [2.24, 2.45) is 0 Å². The van der Waals surface area contributed by atoms with Gasteiger partial charge in [0.1, 0.15) is 4.73 Å². The molecule has 1 N–H and O–H groups in total. The molecule has 0 saturated heterocycles. The Morgan fingerprint density at radius 1 is 0.931 bits per heavy atom. The monoisotopic (exact) mass is 451 g/mol. The van der Waals surface area contributed by atoms with E-state index < -0.39 is 18.9 Å². The van der Waals surface area contributed by atoms with Crippen LogP contribution in [0.2, 0.25) is 0 Å². The Labute approximate surface area is 176 Å². The van der Waals surface area contributed by atoms with E-state index in [1.54, 1.807) is 66.9 Å². The van der Waals surface area contributed by atoms with Crippen LogP contribution in [0, 0.1) is 0 Å². The van der Waals surface area contributed by atoms with Crippen LogP contribution in [-0.4, -0.2) is 11.0 Å². The zero-order valence-corrected chi connectivity index (χ0v) is 17.8. The summed E-state index contributed by atoms with van der Waals surface area (Å²) >= 11 is 6.79. The maximum absolute atomic E-state index is 14.2. The lowest BCUT2D eigenvalue weighted by molar-refractivity contribution is -0.137.